The van der Waals surface area contributed by atoms with Crippen molar-refractivity contribution in [2.45, 2.75) is 32.9 Å². The van der Waals surface area contributed by atoms with Crippen LogP contribution in [0.2, 0.25) is 5.02 Å². The molecule has 138 valence electrons. The first-order valence-corrected chi connectivity index (χ1v) is 9.64. The van der Waals surface area contributed by atoms with E-state index in [1.807, 2.05) is 43.3 Å². The predicted molar refractivity (Wildman–Crippen MR) is 108 cm³/mol. The fourth-order valence-electron chi connectivity index (χ4n) is 2.66. The molecule has 4 nitrogen and oxygen atoms in total. The molecule has 1 N–H and O–H groups in total. The van der Waals surface area contributed by atoms with Crippen LogP contribution in [-0.4, -0.2) is 29.3 Å². The first kappa shape index (κ1) is 20.5. The summed E-state index contributed by atoms with van der Waals surface area (Å²) in [5.74, 6) is -0.284. The molecule has 6 heteroatoms. The minimum absolute atomic E-state index is 0.119. The number of nitrogens with one attached hydrogen (secondary N) is 1. The number of likely N-dealkylation sites (N-methyl/N-ethyl adjacent to an activating group) is 1. The molecule has 0 aromatic heterocycles. The molecule has 0 aliphatic carbocycles. The Labute approximate surface area is 167 Å². The Hall–Kier alpha value is -1.85. The second-order valence-corrected chi connectivity index (χ2v) is 7.38. The number of benzene rings is 2. The second kappa shape index (κ2) is 9.74. The number of halogens is 2. The fourth-order valence-corrected chi connectivity index (χ4v) is 3.32. The number of carbonyl (C=O) groups excluding carboxylic acids is 2. The lowest BCUT2D eigenvalue weighted by molar-refractivity contribution is -0.140. The van der Waals surface area contributed by atoms with Gasteiger partial charge in [0.2, 0.25) is 11.8 Å². The van der Waals surface area contributed by atoms with Crippen molar-refractivity contribution >= 4 is 39.3 Å². The summed E-state index contributed by atoms with van der Waals surface area (Å²) < 4.78 is 0.933. The van der Waals surface area contributed by atoms with E-state index in [0.29, 0.717) is 18.1 Å². The van der Waals surface area contributed by atoms with E-state index in [2.05, 4.69) is 21.2 Å². The van der Waals surface area contributed by atoms with Gasteiger partial charge < -0.3 is 10.2 Å². The highest BCUT2D eigenvalue weighted by Gasteiger charge is 2.25. The van der Waals surface area contributed by atoms with E-state index in [9.17, 15) is 9.59 Å². The van der Waals surface area contributed by atoms with E-state index < -0.39 is 6.04 Å². The monoisotopic (exact) mass is 436 g/mol. The molecular weight excluding hydrogens is 416 g/mol. The van der Waals surface area contributed by atoms with Crippen LogP contribution in [0.4, 0.5) is 0 Å². The number of rotatable bonds is 7. The van der Waals surface area contributed by atoms with Crippen molar-refractivity contribution in [1.82, 2.24) is 10.2 Å². The zero-order chi connectivity index (χ0) is 19.1. The lowest BCUT2D eigenvalue weighted by Crippen LogP contribution is -2.48. The summed E-state index contributed by atoms with van der Waals surface area (Å²) >= 11 is 9.46. The maximum absolute atomic E-state index is 13.0. The molecule has 0 saturated heterocycles. The van der Waals surface area contributed by atoms with Crippen LogP contribution in [0.5, 0.6) is 0 Å². The Morgan fingerprint density at radius 2 is 1.85 bits per heavy atom. The van der Waals surface area contributed by atoms with Gasteiger partial charge in [0.25, 0.3) is 0 Å². The van der Waals surface area contributed by atoms with Crippen LogP contribution >= 0.6 is 27.5 Å². The van der Waals surface area contributed by atoms with Gasteiger partial charge >= 0.3 is 0 Å². The maximum Gasteiger partial charge on any atom is 0.242 e. The summed E-state index contributed by atoms with van der Waals surface area (Å²) in [6, 6.07) is 14.4. The van der Waals surface area contributed by atoms with Crippen LogP contribution in [0.15, 0.2) is 53.0 Å². The molecule has 0 spiro atoms. The highest BCUT2D eigenvalue weighted by Crippen LogP contribution is 2.17. The molecule has 2 aromatic carbocycles. The smallest absolute Gasteiger partial charge is 0.242 e. The van der Waals surface area contributed by atoms with Gasteiger partial charge in [0, 0.05) is 22.6 Å². The van der Waals surface area contributed by atoms with E-state index in [-0.39, 0.29) is 18.2 Å². The molecule has 0 heterocycles. The van der Waals surface area contributed by atoms with Gasteiger partial charge in [-0.15, -0.1) is 0 Å². The quantitative estimate of drug-likeness (QED) is 0.706. The molecule has 1 atom stereocenters. The fraction of sp³-hybridized carbons (Fsp3) is 0.300. The number of hydrogen-bond acceptors (Lipinski definition) is 2. The van der Waals surface area contributed by atoms with Crippen LogP contribution in [0, 0.1) is 0 Å². The lowest BCUT2D eigenvalue weighted by Gasteiger charge is -2.29. The Morgan fingerprint density at radius 1 is 1.15 bits per heavy atom. The third kappa shape index (κ3) is 5.85. The van der Waals surface area contributed by atoms with E-state index >= 15 is 0 Å². The summed E-state index contributed by atoms with van der Waals surface area (Å²) in [6.45, 7) is 4.49. The van der Waals surface area contributed by atoms with Gasteiger partial charge in [0.05, 0.1) is 6.42 Å². The second-order valence-electron chi connectivity index (χ2n) is 6.03. The normalized spacial score (nSPS) is 11.7. The summed E-state index contributed by atoms with van der Waals surface area (Å²) in [5, 5.41) is 3.38. The van der Waals surface area contributed by atoms with Gasteiger partial charge in [-0.05, 0) is 49.2 Å². The Morgan fingerprint density at radius 3 is 2.50 bits per heavy atom. The molecule has 0 aliphatic rings. The van der Waals surface area contributed by atoms with Crippen molar-refractivity contribution in [1.29, 1.82) is 0 Å². The van der Waals surface area contributed by atoms with Crippen LogP contribution in [0.3, 0.4) is 0 Å². The summed E-state index contributed by atoms with van der Waals surface area (Å²) in [5.41, 5.74) is 1.78. The van der Waals surface area contributed by atoms with Crippen molar-refractivity contribution in [2.75, 3.05) is 6.54 Å². The zero-order valence-electron chi connectivity index (χ0n) is 14.8. The van der Waals surface area contributed by atoms with Crippen molar-refractivity contribution in [2.24, 2.45) is 0 Å². The minimum Gasteiger partial charge on any atom is -0.355 e. The van der Waals surface area contributed by atoms with Crippen molar-refractivity contribution in [3.63, 3.8) is 0 Å². The number of hydrogen-bond donors (Lipinski definition) is 1. The molecule has 0 saturated carbocycles. The number of carbonyl (C=O) groups is 2. The first-order chi connectivity index (χ1) is 12.4. The van der Waals surface area contributed by atoms with Crippen LogP contribution in [-0.2, 0) is 22.6 Å². The molecule has 26 heavy (non-hydrogen) atoms. The molecule has 0 aliphatic heterocycles. The summed E-state index contributed by atoms with van der Waals surface area (Å²) in [7, 11) is 0. The average Bonchev–Trinajstić information content (AvgIpc) is 2.59. The molecule has 2 aromatic rings. The Kier molecular flexibility index (Phi) is 7.66. The van der Waals surface area contributed by atoms with Crippen molar-refractivity contribution in [3.8, 4) is 0 Å². The van der Waals surface area contributed by atoms with Crippen LogP contribution in [0.1, 0.15) is 25.0 Å². The molecule has 0 radical (unpaired) electrons. The first-order valence-electron chi connectivity index (χ1n) is 8.46. The molecule has 2 amide bonds. The van der Waals surface area contributed by atoms with Gasteiger partial charge in [-0.2, -0.15) is 0 Å². The SMILES string of the molecule is CCNC(=O)C(C)N(Cc1cccc(Br)c1)C(=O)Cc1cccc(Cl)c1. The zero-order valence-corrected chi connectivity index (χ0v) is 17.2. The van der Waals surface area contributed by atoms with Crippen molar-refractivity contribution in [3.05, 3.63) is 69.2 Å². The molecule has 0 fully saturated rings. The minimum atomic E-state index is -0.569. The summed E-state index contributed by atoms with van der Waals surface area (Å²) in [4.78, 5) is 26.9. The molecule has 0 bridgehead atoms. The van der Waals surface area contributed by atoms with Gasteiger partial charge in [0.1, 0.15) is 6.04 Å². The third-order valence-electron chi connectivity index (χ3n) is 4.00. The molecule has 1 unspecified atom stereocenters. The van der Waals surface area contributed by atoms with E-state index in [1.54, 1.807) is 24.0 Å². The predicted octanol–water partition coefficient (Wildman–Crippen LogP) is 4.20. The van der Waals surface area contributed by atoms with Gasteiger partial charge in [0.15, 0.2) is 0 Å². The van der Waals surface area contributed by atoms with Gasteiger partial charge in [-0.25, -0.2) is 0 Å². The number of nitrogens with zero attached hydrogens (tertiary/aromatic N) is 1. The molecule has 2 rings (SSSR count). The Balaban J connectivity index is 2.23. The van der Waals surface area contributed by atoms with Gasteiger partial charge in [-0.3, -0.25) is 9.59 Å². The molecular formula is C20H22BrClN2O2. The average molecular weight is 438 g/mol. The van der Waals surface area contributed by atoms with Crippen LogP contribution < -0.4 is 5.32 Å². The summed E-state index contributed by atoms with van der Waals surface area (Å²) in [6.07, 6.45) is 0.193. The van der Waals surface area contributed by atoms with E-state index in [0.717, 1.165) is 15.6 Å². The largest absolute Gasteiger partial charge is 0.355 e. The highest BCUT2D eigenvalue weighted by molar-refractivity contribution is 9.10. The lowest BCUT2D eigenvalue weighted by atomic mass is 10.1. The van der Waals surface area contributed by atoms with Crippen LogP contribution in [0.25, 0.3) is 0 Å². The Bertz CT molecular complexity index is 782. The number of amides is 2. The third-order valence-corrected chi connectivity index (χ3v) is 4.73. The maximum atomic E-state index is 13.0. The van der Waals surface area contributed by atoms with Crippen molar-refractivity contribution < 1.29 is 9.59 Å². The highest BCUT2D eigenvalue weighted by atomic mass is 79.9. The van der Waals surface area contributed by atoms with E-state index in [4.69, 9.17) is 11.6 Å². The topological polar surface area (TPSA) is 49.4 Å². The van der Waals surface area contributed by atoms with Gasteiger partial charge in [-0.1, -0.05) is 51.8 Å². The standard InChI is InChI=1S/C20H22BrClN2O2/c1-3-23-20(26)14(2)24(13-16-7-4-8-17(21)10-16)19(25)12-15-6-5-9-18(22)11-15/h4-11,14H,3,12-13H2,1-2H3,(H,23,26). The van der Waals surface area contributed by atoms with E-state index in [1.165, 1.54) is 0 Å².